The van der Waals surface area contributed by atoms with Gasteiger partial charge in [0, 0.05) is 56.7 Å². The molecular weight excluding hydrogens is 557 g/mol. The van der Waals surface area contributed by atoms with E-state index in [-0.39, 0.29) is 43.7 Å². The number of nitrogens with zero attached hydrogens (tertiary/aromatic N) is 3. The third-order valence-electron chi connectivity index (χ3n) is 8.14. The van der Waals surface area contributed by atoms with Gasteiger partial charge in [-0.15, -0.1) is 0 Å². The maximum atomic E-state index is 14.5. The summed E-state index contributed by atoms with van der Waals surface area (Å²) in [5.74, 6) is -3.72. The topological polar surface area (TPSA) is 138 Å². The fourth-order valence-electron chi connectivity index (χ4n) is 5.86. The molecule has 4 heterocycles. The monoisotopic (exact) mass is 591 g/mol. The zero-order chi connectivity index (χ0) is 30.7. The number of benzene rings is 1. The molecule has 0 bridgehead atoms. The fraction of sp³-hybridized carbons (Fsp3) is 0.419. The number of hydrogen-bond donors (Lipinski definition) is 2. The van der Waals surface area contributed by atoms with E-state index in [1.165, 1.54) is 11.1 Å². The summed E-state index contributed by atoms with van der Waals surface area (Å²) in [6.07, 6.45) is 3.49. The minimum Gasteiger partial charge on any atom is -0.381 e. The molecule has 2 N–H and O–H groups in total. The molecule has 2 atom stereocenters. The van der Waals surface area contributed by atoms with E-state index in [0.29, 0.717) is 47.7 Å². The van der Waals surface area contributed by atoms with Crippen LogP contribution in [-0.2, 0) is 37.0 Å². The van der Waals surface area contributed by atoms with Crippen LogP contribution in [0.1, 0.15) is 64.5 Å². The van der Waals surface area contributed by atoms with Crippen LogP contribution in [0.15, 0.2) is 48.9 Å². The lowest BCUT2D eigenvalue weighted by molar-refractivity contribution is -0.140. The first-order valence-corrected chi connectivity index (χ1v) is 14.3. The van der Waals surface area contributed by atoms with E-state index in [4.69, 9.17) is 4.74 Å². The third-order valence-corrected chi connectivity index (χ3v) is 8.14. The molecule has 2 unspecified atom stereocenters. The van der Waals surface area contributed by atoms with Crippen LogP contribution in [0.5, 0.6) is 0 Å². The van der Waals surface area contributed by atoms with Crippen LogP contribution in [0.2, 0.25) is 0 Å². The molecule has 43 heavy (non-hydrogen) atoms. The lowest BCUT2D eigenvalue weighted by atomic mass is 9.99. The van der Waals surface area contributed by atoms with Crippen LogP contribution in [0.3, 0.4) is 0 Å². The van der Waals surface area contributed by atoms with Crippen molar-refractivity contribution in [3.63, 3.8) is 0 Å². The largest absolute Gasteiger partial charge is 0.381 e. The number of halogens is 1. The summed E-state index contributed by atoms with van der Waals surface area (Å²) in [5, 5.41) is 5.23. The molecule has 1 aromatic carbocycles. The molecule has 12 heteroatoms. The number of imide groups is 1. The molecule has 0 spiro atoms. The molecule has 2 aromatic rings. The van der Waals surface area contributed by atoms with Gasteiger partial charge in [0.15, 0.2) is 5.83 Å². The fourth-order valence-corrected chi connectivity index (χ4v) is 5.86. The predicted molar refractivity (Wildman–Crippen MR) is 152 cm³/mol. The van der Waals surface area contributed by atoms with E-state index in [2.05, 4.69) is 22.2 Å². The number of pyridine rings is 1. The summed E-state index contributed by atoms with van der Waals surface area (Å²) in [7, 11) is 0. The van der Waals surface area contributed by atoms with E-state index < -0.39 is 35.6 Å². The summed E-state index contributed by atoms with van der Waals surface area (Å²) in [4.78, 5) is 70.9. The predicted octanol–water partition coefficient (Wildman–Crippen LogP) is 2.25. The average molecular weight is 592 g/mol. The van der Waals surface area contributed by atoms with Gasteiger partial charge in [-0.3, -0.25) is 34.3 Å². The van der Waals surface area contributed by atoms with Crippen molar-refractivity contribution < 1.29 is 33.1 Å². The van der Waals surface area contributed by atoms with Crippen LogP contribution in [-0.4, -0.2) is 70.1 Å². The van der Waals surface area contributed by atoms with Gasteiger partial charge in [0.2, 0.25) is 17.7 Å². The van der Waals surface area contributed by atoms with E-state index in [9.17, 15) is 28.4 Å². The Morgan fingerprint density at radius 2 is 1.95 bits per heavy atom. The van der Waals surface area contributed by atoms with Crippen molar-refractivity contribution in [2.75, 3.05) is 19.8 Å². The first kappa shape index (κ1) is 30.0. The molecule has 0 aliphatic carbocycles. The van der Waals surface area contributed by atoms with Crippen molar-refractivity contribution in [3.8, 4) is 0 Å². The second kappa shape index (κ2) is 12.8. The molecule has 3 aliphatic heterocycles. The normalized spacial score (nSPS) is 19.4. The van der Waals surface area contributed by atoms with E-state index in [1.54, 1.807) is 37.3 Å². The molecule has 226 valence electrons. The highest BCUT2D eigenvalue weighted by Gasteiger charge is 2.39. The van der Waals surface area contributed by atoms with Crippen molar-refractivity contribution in [1.29, 1.82) is 0 Å². The lowest BCUT2D eigenvalue weighted by Crippen LogP contribution is -2.52. The number of aromatic nitrogens is 1. The second-order valence-corrected chi connectivity index (χ2v) is 11.2. The number of piperidine rings is 1. The van der Waals surface area contributed by atoms with E-state index in [1.807, 2.05) is 0 Å². The Bertz CT molecular complexity index is 1470. The van der Waals surface area contributed by atoms with Crippen LogP contribution in [0.25, 0.3) is 0 Å². The maximum absolute atomic E-state index is 14.5. The van der Waals surface area contributed by atoms with Crippen molar-refractivity contribution in [3.05, 3.63) is 76.9 Å². The van der Waals surface area contributed by atoms with Gasteiger partial charge in [-0.1, -0.05) is 18.7 Å². The van der Waals surface area contributed by atoms with Crippen molar-refractivity contribution in [2.24, 2.45) is 5.92 Å². The quantitative estimate of drug-likeness (QED) is 0.337. The molecule has 3 aliphatic rings. The number of nitrogens with one attached hydrogen (secondary N) is 2. The molecule has 0 saturated carbocycles. The van der Waals surface area contributed by atoms with Gasteiger partial charge in [0.25, 0.3) is 11.8 Å². The number of carbonyl (C=O) groups excluding carboxylic acids is 5. The van der Waals surface area contributed by atoms with Crippen molar-refractivity contribution in [2.45, 2.75) is 57.8 Å². The van der Waals surface area contributed by atoms with Gasteiger partial charge in [-0.25, -0.2) is 4.39 Å². The Morgan fingerprint density at radius 3 is 2.65 bits per heavy atom. The number of aryl methyl sites for hydroxylation is 1. The Balaban J connectivity index is 1.42. The number of carbonyl (C=O) groups is 5. The highest BCUT2D eigenvalue weighted by molar-refractivity contribution is 6.05. The average Bonchev–Trinajstić information content (AvgIpc) is 3.31. The molecular formula is C31H34FN5O6. The Morgan fingerprint density at radius 1 is 1.19 bits per heavy atom. The Kier molecular flexibility index (Phi) is 8.95. The SMILES string of the molecule is C=C(F)C(=O)N(Cc1ccc2c(c1)CN(C1CCC(=O)NC1=O)C2=O)C(C(=O)NCC1CCOCC1)c1ccnc(C)c1. The number of fused-ring (bicyclic) bond motifs is 1. The molecule has 11 nitrogen and oxygen atoms in total. The highest BCUT2D eigenvalue weighted by Crippen LogP contribution is 2.31. The van der Waals surface area contributed by atoms with Gasteiger partial charge in [0.05, 0.1) is 0 Å². The summed E-state index contributed by atoms with van der Waals surface area (Å²) < 4.78 is 19.9. The van der Waals surface area contributed by atoms with Crippen molar-refractivity contribution in [1.82, 2.24) is 25.4 Å². The number of hydrogen-bond acceptors (Lipinski definition) is 7. The molecule has 1 aromatic heterocycles. The lowest BCUT2D eigenvalue weighted by Gasteiger charge is -2.32. The van der Waals surface area contributed by atoms with Gasteiger partial charge < -0.3 is 19.9 Å². The minimum absolute atomic E-state index is 0.136. The summed E-state index contributed by atoms with van der Waals surface area (Å²) in [5.41, 5.74) is 2.66. The van der Waals surface area contributed by atoms with Crippen LogP contribution in [0.4, 0.5) is 4.39 Å². The standard InChI is InChI=1S/C31H34FN5O6/c1-18-13-22(7-10-33-18)27(29(40)34-15-20-8-11-43-12-9-20)37(30(41)19(2)32)16-21-3-4-24-23(14-21)17-36(31(24)42)25-5-6-26(38)35-28(25)39/h3-4,7,10,13-14,20,25,27H,2,5-6,8-9,11-12,15-17H2,1H3,(H,34,40)(H,35,38,39). The zero-order valence-corrected chi connectivity index (χ0v) is 23.9. The number of ether oxygens (including phenoxy) is 1. The number of amides is 5. The molecule has 5 rings (SSSR count). The molecule has 0 radical (unpaired) electrons. The second-order valence-electron chi connectivity index (χ2n) is 11.2. The first-order valence-electron chi connectivity index (χ1n) is 14.3. The Hall–Kier alpha value is -4.45. The maximum Gasteiger partial charge on any atom is 0.283 e. The highest BCUT2D eigenvalue weighted by atomic mass is 19.1. The third kappa shape index (κ3) is 6.64. The van der Waals surface area contributed by atoms with Crippen molar-refractivity contribution >= 4 is 29.5 Å². The zero-order valence-electron chi connectivity index (χ0n) is 23.9. The van der Waals surface area contributed by atoms with Gasteiger partial charge in [-0.2, -0.15) is 0 Å². The van der Waals surface area contributed by atoms with Gasteiger partial charge >= 0.3 is 0 Å². The first-order chi connectivity index (χ1) is 20.6. The summed E-state index contributed by atoms with van der Waals surface area (Å²) in [6, 6.07) is 6.30. The van der Waals surface area contributed by atoms with Crippen LogP contribution >= 0.6 is 0 Å². The number of rotatable bonds is 9. The summed E-state index contributed by atoms with van der Waals surface area (Å²) >= 11 is 0. The molecule has 2 saturated heterocycles. The van der Waals surface area contributed by atoms with Crippen LogP contribution < -0.4 is 10.6 Å². The Labute approximate surface area is 248 Å². The molecule has 2 fully saturated rings. The van der Waals surface area contributed by atoms with Gasteiger partial charge in [0.1, 0.15) is 12.1 Å². The van der Waals surface area contributed by atoms with Gasteiger partial charge in [-0.05, 0) is 67.0 Å². The minimum atomic E-state index is -1.21. The molecule has 5 amide bonds. The summed E-state index contributed by atoms with van der Waals surface area (Å²) in [6.45, 7) is 6.55. The van der Waals surface area contributed by atoms with Crippen LogP contribution in [0, 0.1) is 12.8 Å². The van der Waals surface area contributed by atoms with E-state index in [0.717, 1.165) is 17.7 Å². The van der Waals surface area contributed by atoms with E-state index >= 15 is 0 Å². The smallest absolute Gasteiger partial charge is 0.283 e.